The third-order valence-corrected chi connectivity index (χ3v) is 8.68. The zero-order valence-corrected chi connectivity index (χ0v) is 29.4. The number of fused-ring (bicyclic) bond motifs is 1. The van der Waals surface area contributed by atoms with Gasteiger partial charge in [0.15, 0.2) is 0 Å². The normalized spacial score (nSPS) is 11.1. The molecular formula is C41H45F3N4O5. The summed E-state index contributed by atoms with van der Waals surface area (Å²) in [5, 5.41) is 21.1. The number of para-hydroxylation sites is 1. The Hall–Kier alpha value is -5.62. The molecule has 0 bridgehead atoms. The van der Waals surface area contributed by atoms with Crippen LogP contribution < -0.4 is 11.1 Å². The van der Waals surface area contributed by atoms with Gasteiger partial charge in [0, 0.05) is 48.7 Å². The largest absolute Gasteiger partial charge is 0.508 e. The summed E-state index contributed by atoms with van der Waals surface area (Å²) in [7, 11) is 0. The van der Waals surface area contributed by atoms with Gasteiger partial charge >= 0.3 is 12.1 Å². The van der Waals surface area contributed by atoms with Gasteiger partial charge in [-0.25, -0.2) is 4.79 Å². The number of amides is 2. The summed E-state index contributed by atoms with van der Waals surface area (Å²) in [6.07, 6.45) is 2.69. The number of H-pyrrole nitrogens is 1. The average molecular weight is 731 g/mol. The number of aromatic amines is 1. The first-order valence-corrected chi connectivity index (χ1v) is 17.5. The smallest absolute Gasteiger partial charge is 0.490 e. The van der Waals surface area contributed by atoms with Crippen molar-refractivity contribution >= 4 is 28.7 Å². The Morgan fingerprint density at radius 2 is 1.51 bits per heavy atom. The van der Waals surface area contributed by atoms with Crippen LogP contribution in [0, 0.1) is 0 Å². The Labute approximate surface area is 306 Å². The summed E-state index contributed by atoms with van der Waals surface area (Å²) in [5.41, 5.74) is 12.3. The predicted octanol–water partition coefficient (Wildman–Crippen LogP) is 7.63. The van der Waals surface area contributed by atoms with Crippen molar-refractivity contribution in [3.05, 3.63) is 126 Å². The molecule has 280 valence electrons. The fourth-order valence-corrected chi connectivity index (χ4v) is 5.87. The Bertz CT molecular complexity index is 1940. The number of phenolic OH excluding ortho intramolecular Hbond substituents is 1. The molecule has 1 aromatic heterocycles. The number of unbranched alkanes of at least 4 members (excludes halogenated alkanes) is 3. The van der Waals surface area contributed by atoms with E-state index in [0.29, 0.717) is 51.0 Å². The fourth-order valence-electron chi connectivity index (χ4n) is 5.87. The van der Waals surface area contributed by atoms with Gasteiger partial charge in [-0.15, -0.1) is 0 Å². The number of aryl methyl sites for hydroxylation is 1. The molecule has 0 aliphatic heterocycles. The third kappa shape index (κ3) is 12.5. The molecule has 2 amide bonds. The van der Waals surface area contributed by atoms with Crippen LogP contribution in [0.15, 0.2) is 103 Å². The zero-order valence-electron chi connectivity index (χ0n) is 29.4. The summed E-state index contributed by atoms with van der Waals surface area (Å²) in [6.45, 7) is 2.34. The number of carboxylic acids is 1. The second-order valence-corrected chi connectivity index (χ2v) is 12.6. The Morgan fingerprint density at radius 1 is 0.811 bits per heavy atom. The minimum absolute atomic E-state index is 0.0807. The molecule has 4 aromatic carbocycles. The maximum atomic E-state index is 13.8. The standard InChI is InChI=1S/C39H44N4O3.C2HF3O2/c40-23-7-1-2-8-24-41-39(46)36-14-4-3-12-34(36)31-11-9-10-30(26-31)28-43(25-22-29-16-19-33(44)20-17-29)38(45)21-18-32-27-42-37-15-6-5-13-35(32)37;3-2(4,5)1(6)7/h3-6,9-17,19-20,26-27,42,44H,1-2,7-8,18,21-25,28,40H2,(H,41,46);(H,6,7). The molecule has 0 radical (unpaired) electrons. The number of hydrogen-bond donors (Lipinski definition) is 5. The lowest BCUT2D eigenvalue weighted by atomic mass is 9.97. The molecule has 0 saturated carbocycles. The van der Waals surface area contributed by atoms with Crippen LogP contribution in [0.1, 0.15) is 59.2 Å². The number of hydrogen-bond acceptors (Lipinski definition) is 5. The van der Waals surface area contributed by atoms with E-state index in [0.717, 1.165) is 64.4 Å². The molecule has 6 N–H and O–H groups in total. The first kappa shape index (κ1) is 40.2. The van der Waals surface area contributed by atoms with Gasteiger partial charge < -0.3 is 31.1 Å². The van der Waals surface area contributed by atoms with Crippen LogP contribution in [0.3, 0.4) is 0 Å². The number of alkyl halides is 3. The van der Waals surface area contributed by atoms with E-state index in [1.807, 2.05) is 83.9 Å². The summed E-state index contributed by atoms with van der Waals surface area (Å²) in [5.74, 6) is -2.53. The van der Waals surface area contributed by atoms with Gasteiger partial charge in [0.2, 0.25) is 5.91 Å². The molecule has 0 saturated heterocycles. The number of nitrogens with two attached hydrogens (primary N) is 1. The summed E-state index contributed by atoms with van der Waals surface area (Å²) in [6, 6.07) is 31.1. The van der Waals surface area contributed by atoms with Crippen LogP contribution in [0.25, 0.3) is 22.0 Å². The van der Waals surface area contributed by atoms with Gasteiger partial charge in [0.1, 0.15) is 5.75 Å². The molecule has 0 unspecified atom stereocenters. The van der Waals surface area contributed by atoms with Crippen molar-refractivity contribution < 1.29 is 37.8 Å². The van der Waals surface area contributed by atoms with Crippen molar-refractivity contribution in [3.8, 4) is 16.9 Å². The van der Waals surface area contributed by atoms with Crippen LogP contribution in [0.5, 0.6) is 5.75 Å². The number of carboxylic acid groups (broad SMARTS) is 1. The monoisotopic (exact) mass is 730 g/mol. The number of phenols is 1. The SMILES string of the molecule is NCCCCCCNC(=O)c1ccccc1-c1cccc(CN(CCc2ccc(O)cc2)C(=O)CCc2c[nH]c3ccccc23)c1.O=C(O)C(F)(F)F. The first-order chi connectivity index (χ1) is 25.5. The lowest BCUT2D eigenvalue weighted by Gasteiger charge is -2.24. The molecule has 9 nitrogen and oxygen atoms in total. The van der Waals surface area contributed by atoms with E-state index < -0.39 is 12.1 Å². The Morgan fingerprint density at radius 3 is 2.25 bits per heavy atom. The number of aromatic hydroxyl groups is 1. The van der Waals surface area contributed by atoms with Gasteiger partial charge in [0.05, 0.1) is 0 Å². The Kier molecular flexibility index (Phi) is 15.0. The maximum absolute atomic E-state index is 13.8. The van der Waals surface area contributed by atoms with Gasteiger partial charge in [0.25, 0.3) is 5.91 Å². The first-order valence-electron chi connectivity index (χ1n) is 17.5. The van der Waals surface area contributed by atoms with Gasteiger partial charge in [-0.3, -0.25) is 9.59 Å². The molecule has 0 spiro atoms. The van der Waals surface area contributed by atoms with E-state index in [1.54, 1.807) is 12.1 Å². The highest BCUT2D eigenvalue weighted by Gasteiger charge is 2.38. The topological polar surface area (TPSA) is 149 Å². The van der Waals surface area contributed by atoms with E-state index in [9.17, 15) is 27.9 Å². The molecule has 53 heavy (non-hydrogen) atoms. The van der Waals surface area contributed by atoms with Crippen molar-refractivity contribution in [1.29, 1.82) is 0 Å². The number of benzene rings is 4. The zero-order chi connectivity index (χ0) is 38.2. The predicted molar refractivity (Wildman–Crippen MR) is 199 cm³/mol. The molecule has 0 fully saturated rings. The molecule has 0 aliphatic rings. The highest BCUT2D eigenvalue weighted by Crippen LogP contribution is 2.26. The lowest BCUT2D eigenvalue weighted by Crippen LogP contribution is -2.32. The van der Waals surface area contributed by atoms with Crippen molar-refractivity contribution in [2.75, 3.05) is 19.6 Å². The number of nitrogens with one attached hydrogen (secondary N) is 2. The highest BCUT2D eigenvalue weighted by molar-refractivity contribution is 6.00. The summed E-state index contributed by atoms with van der Waals surface area (Å²) >= 11 is 0. The van der Waals surface area contributed by atoms with Crippen LogP contribution in [-0.2, 0) is 29.0 Å². The second-order valence-electron chi connectivity index (χ2n) is 12.6. The number of aliphatic carboxylic acids is 1. The van der Waals surface area contributed by atoms with Crippen LogP contribution in [-0.4, -0.2) is 63.7 Å². The number of aromatic nitrogens is 1. The third-order valence-electron chi connectivity index (χ3n) is 8.68. The molecular weight excluding hydrogens is 685 g/mol. The highest BCUT2D eigenvalue weighted by atomic mass is 19.4. The molecule has 12 heteroatoms. The van der Waals surface area contributed by atoms with E-state index in [-0.39, 0.29) is 17.6 Å². The van der Waals surface area contributed by atoms with Crippen molar-refractivity contribution in [3.63, 3.8) is 0 Å². The molecule has 1 heterocycles. The molecule has 0 atom stereocenters. The number of carbonyl (C=O) groups is 3. The molecule has 0 aliphatic carbocycles. The van der Waals surface area contributed by atoms with E-state index in [1.165, 1.54) is 0 Å². The minimum Gasteiger partial charge on any atom is -0.508 e. The van der Waals surface area contributed by atoms with Crippen molar-refractivity contribution in [1.82, 2.24) is 15.2 Å². The van der Waals surface area contributed by atoms with Crippen LogP contribution in [0.2, 0.25) is 0 Å². The van der Waals surface area contributed by atoms with E-state index in [4.69, 9.17) is 15.6 Å². The van der Waals surface area contributed by atoms with Crippen LogP contribution in [0.4, 0.5) is 13.2 Å². The van der Waals surface area contributed by atoms with Crippen LogP contribution >= 0.6 is 0 Å². The summed E-state index contributed by atoms with van der Waals surface area (Å²) in [4.78, 5) is 41.0. The van der Waals surface area contributed by atoms with Gasteiger partial charge in [-0.1, -0.05) is 79.6 Å². The average Bonchev–Trinajstić information content (AvgIpc) is 3.57. The minimum atomic E-state index is -5.08. The number of rotatable bonds is 16. The van der Waals surface area contributed by atoms with Crippen molar-refractivity contribution in [2.24, 2.45) is 5.73 Å². The fraction of sp³-hybridized carbons (Fsp3) is 0.293. The lowest BCUT2D eigenvalue weighted by molar-refractivity contribution is -0.192. The van der Waals surface area contributed by atoms with Gasteiger partial charge in [-0.2, -0.15) is 13.2 Å². The Balaban J connectivity index is 0.000000815. The quantitative estimate of drug-likeness (QED) is 0.0660. The van der Waals surface area contributed by atoms with Crippen molar-refractivity contribution in [2.45, 2.75) is 57.7 Å². The molecule has 5 aromatic rings. The summed E-state index contributed by atoms with van der Waals surface area (Å²) < 4.78 is 31.7. The maximum Gasteiger partial charge on any atom is 0.490 e. The number of halogens is 3. The number of carbonyl (C=O) groups excluding carboxylic acids is 2. The van der Waals surface area contributed by atoms with E-state index in [2.05, 4.69) is 22.4 Å². The molecule has 5 rings (SSSR count). The second kappa shape index (κ2) is 19.8. The van der Waals surface area contributed by atoms with Gasteiger partial charge in [-0.05, 0) is 90.4 Å². The number of nitrogens with zero attached hydrogens (tertiary/aromatic N) is 1. The van der Waals surface area contributed by atoms with E-state index >= 15 is 0 Å².